The topological polar surface area (TPSA) is 38.7 Å². The molecule has 3 heteroatoms. The maximum Gasteiger partial charge on any atom is 0.164 e. The van der Waals surface area contributed by atoms with Gasteiger partial charge in [-0.3, -0.25) is 0 Å². The van der Waals surface area contributed by atoms with Gasteiger partial charge in [-0.1, -0.05) is 151 Å². The third-order valence-corrected chi connectivity index (χ3v) is 7.41. The first-order valence-electron chi connectivity index (χ1n) is 13.8. The predicted octanol–water partition coefficient (Wildman–Crippen LogP) is 9.67. The van der Waals surface area contributed by atoms with E-state index in [1.54, 1.807) is 0 Å². The van der Waals surface area contributed by atoms with Gasteiger partial charge in [-0.25, -0.2) is 15.0 Å². The van der Waals surface area contributed by atoms with Gasteiger partial charge in [0.1, 0.15) is 0 Å². The number of rotatable bonds is 5. The Morgan fingerprint density at radius 3 is 1.37 bits per heavy atom. The summed E-state index contributed by atoms with van der Waals surface area (Å²) in [6.45, 7) is 2.14. The molecule has 0 aliphatic rings. The average molecular weight is 526 g/mol. The molecule has 0 aliphatic carbocycles. The van der Waals surface area contributed by atoms with E-state index >= 15 is 0 Å². The first-order chi connectivity index (χ1) is 20.2. The van der Waals surface area contributed by atoms with Crippen molar-refractivity contribution in [3.05, 3.63) is 151 Å². The van der Waals surface area contributed by atoms with Gasteiger partial charge in [-0.05, 0) is 39.9 Å². The van der Waals surface area contributed by atoms with Crippen molar-refractivity contribution in [1.82, 2.24) is 15.0 Å². The summed E-state index contributed by atoms with van der Waals surface area (Å²) in [5.74, 6) is 1.99. The second-order valence-corrected chi connectivity index (χ2v) is 10.2. The molecule has 0 saturated carbocycles. The number of nitrogens with zero attached hydrogens (tertiary/aromatic N) is 3. The molecular weight excluding hydrogens is 498 g/mol. The number of aromatic nitrogens is 3. The molecule has 0 N–H and O–H groups in total. The van der Waals surface area contributed by atoms with Crippen LogP contribution in [0, 0.1) is 6.92 Å². The molecule has 0 atom stereocenters. The molecule has 41 heavy (non-hydrogen) atoms. The van der Waals surface area contributed by atoms with E-state index in [-0.39, 0.29) is 0 Å². The minimum atomic E-state index is 0.658. The fraction of sp³-hybridized carbons (Fsp3) is 0.0263. The Kier molecular flexibility index (Phi) is 6.38. The van der Waals surface area contributed by atoms with Crippen LogP contribution in [0.15, 0.2) is 146 Å². The van der Waals surface area contributed by atoms with E-state index in [9.17, 15) is 0 Å². The van der Waals surface area contributed by atoms with Crippen LogP contribution < -0.4 is 0 Å². The van der Waals surface area contributed by atoms with Crippen LogP contribution >= 0.6 is 0 Å². The summed E-state index contributed by atoms with van der Waals surface area (Å²) in [5.41, 5.74) is 8.94. The lowest BCUT2D eigenvalue weighted by Gasteiger charge is -2.10. The van der Waals surface area contributed by atoms with E-state index in [0.29, 0.717) is 17.5 Å². The van der Waals surface area contributed by atoms with Crippen molar-refractivity contribution in [2.24, 2.45) is 0 Å². The fourth-order valence-electron chi connectivity index (χ4n) is 5.23. The SMILES string of the molecule is Cc1ccc2cccc(-c3ccc(-c4ccc(-c5nc(-c6ccccc6)nc(-c6ccccc6)n5)cc4)cc3)c2c1. The summed E-state index contributed by atoms with van der Waals surface area (Å²) in [5, 5.41) is 2.55. The van der Waals surface area contributed by atoms with Gasteiger partial charge in [0, 0.05) is 16.7 Å². The maximum atomic E-state index is 4.86. The normalized spacial score (nSPS) is 11.0. The highest BCUT2D eigenvalue weighted by atomic mass is 15.0. The molecule has 0 unspecified atom stereocenters. The Labute approximate surface area is 239 Å². The van der Waals surface area contributed by atoms with Crippen molar-refractivity contribution < 1.29 is 0 Å². The van der Waals surface area contributed by atoms with Crippen molar-refractivity contribution in [1.29, 1.82) is 0 Å². The van der Waals surface area contributed by atoms with Crippen LogP contribution in [0.2, 0.25) is 0 Å². The van der Waals surface area contributed by atoms with Crippen LogP contribution in [-0.4, -0.2) is 15.0 Å². The molecule has 1 heterocycles. The number of aryl methyl sites for hydroxylation is 1. The number of hydrogen-bond donors (Lipinski definition) is 0. The van der Waals surface area contributed by atoms with Gasteiger partial charge in [0.15, 0.2) is 17.5 Å². The zero-order valence-electron chi connectivity index (χ0n) is 22.7. The van der Waals surface area contributed by atoms with Gasteiger partial charge in [0.05, 0.1) is 0 Å². The second-order valence-electron chi connectivity index (χ2n) is 10.2. The lowest BCUT2D eigenvalue weighted by atomic mass is 9.95. The molecule has 7 rings (SSSR count). The molecule has 0 bridgehead atoms. The predicted molar refractivity (Wildman–Crippen MR) is 169 cm³/mol. The van der Waals surface area contributed by atoms with Gasteiger partial charge in [0.25, 0.3) is 0 Å². The molecule has 7 aromatic rings. The highest BCUT2D eigenvalue weighted by molar-refractivity contribution is 5.97. The largest absolute Gasteiger partial charge is 0.208 e. The average Bonchev–Trinajstić information content (AvgIpc) is 3.05. The lowest BCUT2D eigenvalue weighted by Crippen LogP contribution is -2.00. The van der Waals surface area contributed by atoms with Gasteiger partial charge in [-0.15, -0.1) is 0 Å². The van der Waals surface area contributed by atoms with Crippen LogP contribution in [0.25, 0.3) is 67.2 Å². The highest BCUT2D eigenvalue weighted by Crippen LogP contribution is 2.32. The van der Waals surface area contributed by atoms with E-state index in [2.05, 4.69) is 91.9 Å². The van der Waals surface area contributed by atoms with Crippen LogP contribution in [0.4, 0.5) is 0 Å². The Morgan fingerprint density at radius 1 is 0.366 bits per heavy atom. The summed E-state index contributed by atoms with van der Waals surface area (Å²) in [4.78, 5) is 14.5. The summed E-state index contributed by atoms with van der Waals surface area (Å²) in [6.07, 6.45) is 0. The molecule has 0 saturated heterocycles. The smallest absolute Gasteiger partial charge is 0.164 e. The lowest BCUT2D eigenvalue weighted by molar-refractivity contribution is 1.07. The molecular formula is C38H27N3. The Morgan fingerprint density at radius 2 is 0.829 bits per heavy atom. The maximum absolute atomic E-state index is 4.86. The molecule has 0 fully saturated rings. The van der Waals surface area contributed by atoms with Gasteiger partial charge in [0.2, 0.25) is 0 Å². The first-order valence-corrected chi connectivity index (χ1v) is 13.8. The summed E-state index contributed by atoms with van der Waals surface area (Å²) in [6, 6.07) is 50.5. The van der Waals surface area contributed by atoms with Crippen LogP contribution in [0.3, 0.4) is 0 Å². The number of benzene rings is 6. The van der Waals surface area contributed by atoms with E-state index in [1.165, 1.54) is 33.0 Å². The Bertz CT molecular complexity index is 1900. The highest BCUT2D eigenvalue weighted by Gasteiger charge is 2.12. The quantitative estimate of drug-likeness (QED) is 0.224. The zero-order chi connectivity index (χ0) is 27.6. The fourth-order valence-corrected chi connectivity index (χ4v) is 5.23. The minimum Gasteiger partial charge on any atom is -0.208 e. The van der Waals surface area contributed by atoms with Crippen molar-refractivity contribution in [2.45, 2.75) is 6.92 Å². The van der Waals surface area contributed by atoms with Crippen LogP contribution in [0.1, 0.15) is 5.56 Å². The molecule has 0 amide bonds. The molecule has 0 spiro atoms. The van der Waals surface area contributed by atoms with Crippen molar-refractivity contribution in [3.63, 3.8) is 0 Å². The van der Waals surface area contributed by atoms with Crippen molar-refractivity contribution in [2.75, 3.05) is 0 Å². The van der Waals surface area contributed by atoms with Crippen LogP contribution in [0.5, 0.6) is 0 Å². The summed E-state index contributed by atoms with van der Waals surface area (Å²) >= 11 is 0. The second kappa shape index (κ2) is 10.6. The van der Waals surface area contributed by atoms with E-state index in [0.717, 1.165) is 22.3 Å². The first kappa shape index (κ1) is 24.6. The van der Waals surface area contributed by atoms with Crippen molar-refractivity contribution in [3.8, 4) is 56.4 Å². The van der Waals surface area contributed by atoms with E-state index in [4.69, 9.17) is 15.0 Å². The molecule has 194 valence electrons. The summed E-state index contributed by atoms with van der Waals surface area (Å²) < 4.78 is 0. The Hall–Kier alpha value is -5.41. The van der Waals surface area contributed by atoms with Crippen molar-refractivity contribution >= 4 is 10.8 Å². The third-order valence-electron chi connectivity index (χ3n) is 7.41. The van der Waals surface area contributed by atoms with Gasteiger partial charge < -0.3 is 0 Å². The third kappa shape index (κ3) is 5.02. The molecule has 1 aromatic heterocycles. The monoisotopic (exact) mass is 525 g/mol. The van der Waals surface area contributed by atoms with Crippen LogP contribution in [-0.2, 0) is 0 Å². The minimum absolute atomic E-state index is 0.658. The number of fused-ring (bicyclic) bond motifs is 1. The Balaban J connectivity index is 1.22. The standard InChI is InChI=1S/C38H27N3/c1-26-15-16-29-13-8-14-34(35(29)25-26)30-21-17-27(18-22-30)28-19-23-33(24-20-28)38-40-36(31-9-4-2-5-10-31)39-37(41-38)32-11-6-3-7-12-32/h2-25H,1H3. The van der Waals surface area contributed by atoms with Gasteiger partial charge >= 0.3 is 0 Å². The number of hydrogen-bond acceptors (Lipinski definition) is 3. The molecule has 3 nitrogen and oxygen atoms in total. The molecule has 0 aliphatic heterocycles. The van der Waals surface area contributed by atoms with Gasteiger partial charge in [-0.2, -0.15) is 0 Å². The van der Waals surface area contributed by atoms with E-state index in [1.807, 2.05) is 60.7 Å². The summed E-state index contributed by atoms with van der Waals surface area (Å²) in [7, 11) is 0. The molecule has 0 radical (unpaired) electrons. The van der Waals surface area contributed by atoms with E-state index < -0.39 is 0 Å². The molecule has 6 aromatic carbocycles. The zero-order valence-corrected chi connectivity index (χ0v) is 22.7.